The Morgan fingerprint density at radius 2 is 1.60 bits per heavy atom. The maximum Gasteiger partial charge on any atom is 0.414 e. The quantitative estimate of drug-likeness (QED) is 0.330. The summed E-state index contributed by atoms with van der Waals surface area (Å²) < 4.78 is 11.4. The molecule has 30 heavy (non-hydrogen) atoms. The molecular formula is C21H32N2O7. The number of carbonyl (C=O) groups is 3. The number of piperazine rings is 1. The van der Waals surface area contributed by atoms with E-state index < -0.39 is 11.9 Å². The highest BCUT2D eigenvalue weighted by molar-refractivity contribution is 6.27. The van der Waals surface area contributed by atoms with Crippen molar-refractivity contribution >= 4 is 18.2 Å². The number of rotatable bonds is 10. The van der Waals surface area contributed by atoms with Crippen LogP contribution in [0.2, 0.25) is 0 Å². The number of likely N-dealkylation sites (N-methyl/N-ethyl adjacent to an activating group) is 1. The minimum Gasteiger partial charge on any atom is -0.490 e. The monoisotopic (exact) mass is 424 g/mol. The molecule has 0 amide bonds. The largest absolute Gasteiger partial charge is 0.490 e. The fraction of sp³-hybridized carbons (Fsp3) is 0.571. The van der Waals surface area contributed by atoms with Crippen molar-refractivity contribution < 1.29 is 34.1 Å². The number of carboxylic acid groups (broad SMARTS) is 2. The van der Waals surface area contributed by atoms with E-state index in [1.165, 1.54) is 26.2 Å². The van der Waals surface area contributed by atoms with Crippen molar-refractivity contribution in [2.24, 2.45) is 0 Å². The van der Waals surface area contributed by atoms with Crippen LogP contribution in [0.1, 0.15) is 37.0 Å². The summed E-state index contributed by atoms with van der Waals surface area (Å²) in [7, 11) is 0. The van der Waals surface area contributed by atoms with E-state index in [-0.39, 0.29) is 0 Å². The number of hydrogen-bond donors (Lipinski definition) is 2. The normalized spacial score (nSPS) is 14.3. The summed E-state index contributed by atoms with van der Waals surface area (Å²) in [6.45, 7) is 12.4. The molecule has 1 heterocycles. The summed E-state index contributed by atoms with van der Waals surface area (Å²) in [4.78, 5) is 34.1. The highest BCUT2D eigenvalue weighted by Crippen LogP contribution is 2.28. The standard InChI is InChI=1S/C19H30N2O3.C2H2O4/c1-3-20-10-12-21(13-11-20)9-5-6-14-24-18-8-7-17(16-22)15-19(18)23-4-2;3-1(4)2(5)6/h7-8,15-16H,3-6,9-14H2,1-2H3;(H,3,4)(H,5,6). The third-order valence-electron chi connectivity index (χ3n) is 4.63. The number of aliphatic carboxylic acids is 2. The van der Waals surface area contributed by atoms with Crippen LogP contribution < -0.4 is 9.47 Å². The van der Waals surface area contributed by atoms with Gasteiger partial charge in [0.05, 0.1) is 13.2 Å². The van der Waals surface area contributed by atoms with Gasteiger partial charge in [-0.3, -0.25) is 4.79 Å². The molecule has 1 aliphatic rings. The van der Waals surface area contributed by atoms with E-state index >= 15 is 0 Å². The number of nitrogens with zero attached hydrogens (tertiary/aromatic N) is 2. The highest BCUT2D eigenvalue weighted by atomic mass is 16.5. The van der Waals surface area contributed by atoms with Crippen LogP contribution in [0.25, 0.3) is 0 Å². The topological polar surface area (TPSA) is 117 Å². The van der Waals surface area contributed by atoms with Gasteiger partial charge in [0.15, 0.2) is 11.5 Å². The summed E-state index contributed by atoms with van der Waals surface area (Å²) >= 11 is 0. The van der Waals surface area contributed by atoms with Crippen LogP contribution in [0.3, 0.4) is 0 Å². The van der Waals surface area contributed by atoms with Gasteiger partial charge in [0, 0.05) is 31.7 Å². The first-order chi connectivity index (χ1) is 14.4. The Labute approximate surface area is 177 Å². The van der Waals surface area contributed by atoms with Gasteiger partial charge < -0.3 is 29.5 Å². The van der Waals surface area contributed by atoms with Crippen LogP contribution >= 0.6 is 0 Å². The first-order valence-corrected chi connectivity index (χ1v) is 10.2. The van der Waals surface area contributed by atoms with Gasteiger partial charge in [-0.15, -0.1) is 0 Å². The lowest BCUT2D eigenvalue weighted by Crippen LogP contribution is -2.46. The molecule has 9 nitrogen and oxygen atoms in total. The molecular weight excluding hydrogens is 392 g/mol. The SMILES string of the molecule is CCOc1cc(C=O)ccc1OCCCCN1CCN(CC)CC1.O=C(O)C(=O)O. The first kappa shape index (κ1) is 25.4. The molecule has 9 heteroatoms. The van der Waals surface area contributed by atoms with Gasteiger partial charge in [0.2, 0.25) is 0 Å². The zero-order chi connectivity index (χ0) is 22.4. The Balaban J connectivity index is 0.000000656. The van der Waals surface area contributed by atoms with Gasteiger partial charge in [-0.25, -0.2) is 9.59 Å². The van der Waals surface area contributed by atoms with E-state index in [4.69, 9.17) is 29.3 Å². The number of carboxylic acids is 2. The van der Waals surface area contributed by atoms with Gasteiger partial charge in [0.25, 0.3) is 0 Å². The third kappa shape index (κ3) is 9.71. The van der Waals surface area contributed by atoms with Crippen LogP contribution in [0, 0.1) is 0 Å². The van der Waals surface area contributed by atoms with E-state index in [2.05, 4.69) is 16.7 Å². The molecule has 0 spiro atoms. The van der Waals surface area contributed by atoms with Crippen molar-refractivity contribution in [1.82, 2.24) is 9.80 Å². The first-order valence-electron chi connectivity index (χ1n) is 10.2. The third-order valence-corrected chi connectivity index (χ3v) is 4.63. The zero-order valence-electron chi connectivity index (χ0n) is 17.7. The Morgan fingerprint density at radius 3 is 2.13 bits per heavy atom. The van der Waals surface area contributed by atoms with Gasteiger partial charge in [-0.1, -0.05) is 6.92 Å². The van der Waals surface area contributed by atoms with E-state index in [0.717, 1.165) is 38.0 Å². The van der Waals surface area contributed by atoms with E-state index in [1.807, 2.05) is 13.0 Å². The van der Waals surface area contributed by atoms with Crippen molar-refractivity contribution in [2.75, 3.05) is 52.5 Å². The number of ether oxygens (including phenoxy) is 2. The van der Waals surface area contributed by atoms with Gasteiger partial charge in [-0.05, 0) is 51.1 Å². The minimum atomic E-state index is -1.82. The Bertz CT molecular complexity index is 661. The minimum absolute atomic E-state index is 0.558. The summed E-state index contributed by atoms with van der Waals surface area (Å²) in [5.41, 5.74) is 0.608. The van der Waals surface area contributed by atoms with Gasteiger partial charge in [0.1, 0.15) is 6.29 Å². The lowest BCUT2D eigenvalue weighted by atomic mass is 10.2. The van der Waals surface area contributed by atoms with E-state index in [1.54, 1.807) is 12.1 Å². The van der Waals surface area contributed by atoms with E-state index in [9.17, 15) is 4.79 Å². The maximum atomic E-state index is 10.9. The molecule has 1 aromatic carbocycles. The van der Waals surface area contributed by atoms with Crippen molar-refractivity contribution in [2.45, 2.75) is 26.7 Å². The number of carbonyl (C=O) groups excluding carboxylic acids is 1. The number of benzene rings is 1. The number of aldehydes is 1. The average Bonchev–Trinajstić information content (AvgIpc) is 2.75. The summed E-state index contributed by atoms with van der Waals surface area (Å²) in [6, 6.07) is 5.32. The molecule has 0 unspecified atom stereocenters. The van der Waals surface area contributed by atoms with Crippen LogP contribution in [0.5, 0.6) is 11.5 Å². The van der Waals surface area contributed by atoms with Gasteiger partial charge in [-0.2, -0.15) is 0 Å². The molecule has 0 saturated carbocycles. The van der Waals surface area contributed by atoms with Crippen LogP contribution in [-0.2, 0) is 9.59 Å². The Kier molecular flexibility index (Phi) is 12.1. The molecule has 0 bridgehead atoms. The van der Waals surface area contributed by atoms with Crippen molar-refractivity contribution in [3.05, 3.63) is 23.8 Å². The van der Waals surface area contributed by atoms with E-state index in [0.29, 0.717) is 24.5 Å². The fourth-order valence-corrected chi connectivity index (χ4v) is 2.93. The smallest absolute Gasteiger partial charge is 0.414 e. The molecule has 2 rings (SSSR count). The molecule has 0 atom stereocenters. The van der Waals surface area contributed by atoms with Crippen molar-refractivity contribution in [3.8, 4) is 11.5 Å². The Morgan fingerprint density at radius 1 is 0.967 bits per heavy atom. The predicted octanol–water partition coefficient (Wildman–Crippen LogP) is 1.85. The molecule has 0 aliphatic carbocycles. The molecule has 168 valence electrons. The second kappa shape index (κ2) is 14.4. The molecule has 1 aliphatic heterocycles. The summed E-state index contributed by atoms with van der Waals surface area (Å²) in [5, 5.41) is 14.8. The fourth-order valence-electron chi connectivity index (χ4n) is 2.93. The Hall–Kier alpha value is -2.65. The lowest BCUT2D eigenvalue weighted by molar-refractivity contribution is -0.159. The van der Waals surface area contributed by atoms with Gasteiger partial charge >= 0.3 is 11.9 Å². The number of unbranched alkanes of at least 4 members (excludes halogenated alkanes) is 1. The molecule has 1 saturated heterocycles. The maximum absolute atomic E-state index is 10.9. The highest BCUT2D eigenvalue weighted by Gasteiger charge is 2.14. The number of hydrogen-bond acceptors (Lipinski definition) is 7. The molecule has 2 N–H and O–H groups in total. The zero-order valence-corrected chi connectivity index (χ0v) is 17.7. The molecule has 0 radical (unpaired) electrons. The molecule has 1 fully saturated rings. The van der Waals surface area contributed by atoms with Crippen LogP contribution in [0.15, 0.2) is 18.2 Å². The van der Waals surface area contributed by atoms with Crippen LogP contribution in [-0.4, -0.2) is 90.7 Å². The second-order valence-electron chi connectivity index (χ2n) is 6.70. The molecule has 0 aromatic heterocycles. The molecule has 1 aromatic rings. The lowest BCUT2D eigenvalue weighted by Gasteiger charge is -2.33. The average molecular weight is 424 g/mol. The second-order valence-corrected chi connectivity index (χ2v) is 6.70. The van der Waals surface area contributed by atoms with Crippen LogP contribution in [0.4, 0.5) is 0 Å². The predicted molar refractivity (Wildman–Crippen MR) is 112 cm³/mol. The summed E-state index contributed by atoms with van der Waals surface area (Å²) in [6.07, 6.45) is 2.99. The summed E-state index contributed by atoms with van der Waals surface area (Å²) in [5.74, 6) is -2.28. The van der Waals surface area contributed by atoms with Crippen molar-refractivity contribution in [1.29, 1.82) is 0 Å². The van der Waals surface area contributed by atoms with Crippen molar-refractivity contribution in [3.63, 3.8) is 0 Å².